The van der Waals surface area contributed by atoms with Gasteiger partial charge in [0, 0.05) is 17.7 Å². The second-order valence-corrected chi connectivity index (χ2v) is 5.91. The zero-order valence-corrected chi connectivity index (χ0v) is 15.6. The molecule has 1 aromatic heterocycles. The molecule has 0 saturated heterocycles. The summed E-state index contributed by atoms with van der Waals surface area (Å²) in [5, 5.41) is 0. The maximum Gasteiger partial charge on any atom is 0.231 e. The molecule has 0 fully saturated rings. The summed E-state index contributed by atoms with van der Waals surface area (Å²) in [6, 6.07) is 7.60. The van der Waals surface area contributed by atoms with Gasteiger partial charge in [0.05, 0.1) is 30.9 Å². The second kappa shape index (κ2) is 7.26. The second-order valence-electron chi connectivity index (χ2n) is 5.91. The highest BCUT2D eigenvalue weighted by Gasteiger charge is 2.19. The van der Waals surface area contributed by atoms with Crippen molar-refractivity contribution in [1.82, 2.24) is 9.97 Å². The first kappa shape index (κ1) is 17.3. The van der Waals surface area contributed by atoms with Gasteiger partial charge in [-0.1, -0.05) is 0 Å². The van der Waals surface area contributed by atoms with Crippen LogP contribution in [0.3, 0.4) is 0 Å². The summed E-state index contributed by atoms with van der Waals surface area (Å²) in [5.41, 5.74) is 2.53. The summed E-state index contributed by atoms with van der Waals surface area (Å²) in [6.07, 6.45) is 0. The van der Waals surface area contributed by atoms with Gasteiger partial charge in [-0.2, -0.15) is 0 Å². The van der Waals surface area contributed by atoms with Crippen LogP contribution in [0.15, 0.2) is 24.3 Å². The summed E-state index contributed by atoms with van der Waals surface area (Å²) in [6.45, 7) is 7.62. The molecule has 0 saturated carbocycles. The third-order valence-electron chi connectivity index (χ3n) is 4.16. The van der Waals surface area contributed by atoms with Crippen molar-refractivity contribution < 1.29 is 23.7 Å². The molecule has 7 heteroatoms. The summed E-state index contributed by atoms with van der Waals surface area (Å²) in [7, 11) is 0. The Balaban J connectivity index is 1.81. The van der Waals surface area contributed by atoms with Crippen molar-refractivity contribution >= 4 is 11.0 Å². The number of rotatable bonds is 7. The number of nitrogens with one attached hydrogen (secondary N) is 1. The van der Waals surface area contributed by atoms with E-state index >= 15 is 0 Å². The lowest BCUT2D eigenvalue weighted by Gasteiger charge is -2.16. The Morgan fingerprint density at radius 3 is 2.15 bits per heavy atom. The van der Waals surface area contributed by atoms with Gasteiger partial charge >= 0.3 is 0 Å². The third kappa shape index (κ3) is 3.20. The van der Waals surface area contributed by atoms with Crippen LogP contribution in [0, 0.1) is 0 Å². The molecule has 0 unspecified atom stereocenters. The van der Waals surface area contributed by atoms with Gasteiger partial charge < -0.3 is 28.7 Å². The molecule has 1 aliphatic rings. The molecule has 0 spiro atoms. The highest BCUT2D eigenvalue weighted by Crippen LogP contribution is 2.42. The Morgan fingerprint density at radius 2 is 1.52 bits per heavy atom. The van der Waals surface area contributed by atoms with Crippen LogP contribution in [0.5, 0.6) is 28.7 Å². The number of benzene rings is 2. The highest BCUT2D eigenvalue weighted by atomic mass is 16.7. The van der Waals surface area contributed by atoms with Gasteiger partial charge in [0.25, 0.3) is 0 Å². The first-order valence-corrected chi connectivity index (χ1v) is 9.09. The Bertz CT molecular complexity index is 898. The normalized spacial score (nSPS) is 12.4. The number of imidazole rings is 1. The topological polar surface area (TPSA) is 74.8 Å². The van der Waals surface area contributed by atoms with E-state index in [1.807, 2.05) is 45.0 Å². The fourth-order valence-electron chi connectivity index (χ4n) is 3.06. The maximum absolute atomic E-state index is 5.79. The van der Waals surface area contributed by atoms with Crippen LogP contribution in [0.1, 0.15) is 20.8 Å². The van der Waals surface area contributed by atoms with Gasteiger partial charge in [-0.05, 0) is 32.9 Å². The maximum atomic E-state index is 5.79. The predicted molar refractivity (Wildman–Crippen MR) is 101 cm³/mol. The van der Waals surface area contributed by atoms with Crippen LogP contribution in [0.4, 0.5) is 0 Å². The van der Waals surface area contributed by atoms with Crippen molar-refractivity contribution in [2.75, 3.05) is 26.6 Å². The molecule has 2 heterocycles. The molecule has 0 atom stereocenters. The minimum atomic E-state index is 0.239. The van der Waals surface area contributed by atoms with Crippen molar-refractivity contribution in [3.8, 4) is 40.1 Å². The summed E-state index contributed by atoms with van der Waals surface area (Å²) >= 11 is 0. The van der Waals surface area contributed by atoms with Crippen molar-refractivity contribution in [3.05, 3.63) is 24.3 Å². The predicted octanol–water partition coefficient (Wildman–Crippen LogP) is 4.15. The Morgan fingerprint density at radius 1 is 0.889 bits per heavy atom. The van der Waals surface area contributed by atoms with E-state index < -0.39 is 0 Å². The molecular weight excluding hydrogens is 348 g/mol. The number of nitrogens with zero attached hydrogens (tertiary/aromatic N) is 1. The van der Waals surface area contributed by atoms with Gasteiger partial charge in [0.2, 0.25) is 12.5 Å². The molecule has 1 N–H and O–H groups in total. The third-order valence-corrected chi connectivity index (χ3v) is 4.16. The van der Waals surface area contributed by atoms with E-state index in [-0.39, 0.29) is 6.79 Å². The fourth-order valence-corrected chi connectivity index (χ4v) is 3.06. The SMILES string of the molecule is CCOc1cc(-c2nc3cc4c(cc3[nH]2)OCO4)cc(OCC)c1OCC. The Labute approximate surface area is 157 Å². The number of fused-ring (bicyclic) bond motifs is 2. The molecule has 142 valence electrons. The van der Waals surface area contributed by atoms with Gasteiger partial charge in [-0.3, -0.25) is 0 Å². The average Bonchev–Trinajstić information content (AvgIpc) is 3.28. The van der Waals surface area contributed by atoms with E-state index in [4.69, 9.17) is 28.7 Å². The molecule has 0 aliphatic carbocycles. The van der Waals surface area contributed by atoms with E-state index in [0.717, 1.165) is 22.3 Å². The zero-order chi connectivity index (χ0) is 18.8. The van der Waals surface area contributed by atoms with Crippen LogP contribution in [-0.4, -0.2) is 36.6 Å². The lowest BCUT2D eigenvalue weighted by molar-refractivity contribution is 0.174. The molecule has 7 nitrogen and oxygen atoms in total. The van der Waals surface area contributed by atoms with E-state index in [0.29, 0.717) is 48.6 Å². The first-order valence-electron chi connectivity index (χ1n) is 9.09. The summed E-state index contributed by atoms with van der Waals surface area (Å²) < 4.78 is 28.2. The number of hydrogen-bond acceptors (Lipinski definition) is 6. The largest absolute Gasteiger partial charge is 0.490 e. The lowest BCUT2D eigenvalue weighted by atomic mass is 10.1. The van der Waals surface area contributed by atoms with Crippen molar-refractivity contribution in [2.45, 2.75) is 20.8 Å². The number of aromatic amines is 1. The standard InChI is InChI=1S/C20H22N2O5/c1-4-23-17-7-12(8-18(24-5-2)19(17)25-6-3)20-21-13-9-15-16(27-11-26-15)10-14(13)22-20/h7-10H,4-6,11H2,1-3H3,(H,21,22). The van der Waals surface area contributed by atoms with Gasteiger partial charge in [-0.25, -0.2) is 4.98 Å². The van der Waals surface area contributed by atoms with Crippen molar-refractivity contribution in [2.24, 2.45) is 0 Å². The highest BCUT2D eigenvalue weighted by molar-refractivity contribution is 5.84. The van der Waals surface area contributed by atoms with E-state index in [2.05, 4.69) is 4.98 Å². The van der Waals surface area contributed by atoms with Gasteiger partial charge in [0.15, 0.2) is 23.0 Å². The van der Waals surface area contributed by atoms with E-state index in [1.165, 1.54) is 0 Å². The molecule has 27 heavy (non-hydrogen) atoms. The van der Waals surface area contributed by atoms with Crippen LogP contribution < -0.4 is 23.7 Å². The van der Waals surface area contributed by atoms with Gasteiger partial charge in [0.1, 0.15) is 5.82 Å². The van der Waals surface area contributed by atoms with E-state index in [9.17, 15) is 0 Å². The smallest absolute Gasteiger partial charge is 0.231 e. The summed E-state index contributed by atoms with van der Waals surface area (Å²) in [5.74, 6) is 4.01. The average molecular weight is 370 g/mol. The minimum absolute atomic E-state index is 0.239. The number of hydrogen-bond donors (Lipinski definition) is 1. The van der Waals surface area contributed by atoms with Gasteiger partial charge in [-0.15, -0.1) is 0 Å². The van der Waals surface area contributed by atoms with Crippen LogP contribution in [-0.2, 0) is 0 Å². The van der Waals surface area contributed by atoms with Crippen molar-refractivity contribution in [1.29, 1.82) is 0 Å². The number of ether oxygens (including phenoxy) is 5. The van der Waals surface area contributed by atoms with Crippen LogP contribution in [0.25, 0.3) is 22.4 Å². The fraction of sp³-hybridized carbons (Fsp3) is 0.350. The van der Waals surface area contributed by atoms with Crippen LogP contribution in [0.2, 0.25) is 0 Å². The molecule has 4 rings (SSSR count). The molecular formula is C20H22N2O5. The molecule has 0 bridgehead atoms. The Kier molecular flexibility index (Phi) is 4.66. The lowest BCUT2D eigenvalue weighted by Crippen LogP contribution is -2.03. The first-order chi connectivity index (χ1) is 13.2. The molecule has 0 amide bonds. The molecule has 3 aromatic rings. The zero-order valence-electron chi connectivity index (χ0n) is 15.6. The number of aromatic nitrogens is 2. The summed E-state index contributed by atoms with van der Waals surface area (Å²) in [4.78, 5) is 8.03. The minimum Gasteiger partial charge on any atom is -0.490 e. The number of H-pyrrole nitrogens is 1. The van der Waals surface area contributed by atoms with Crippen molar-refractivity contribution in [3.63, 3.8) is 0 Å². The van der Waals surface area contributed by atoms with E-state index in [1.54, 1.807) is 0 Å². The van der Waals surface area contributed by atoms with Crippen LogP contribution >= 0.6 is 0 Å². The molecule has 1 aliphatic heterocycles. The Hall–Kier alpha value is -3.09. The molecule has 2 aromatic carbocycles. The molecule has 0 radical (unpaired) electrons. The quantitative estimate of drug-likeness (QED) is 0.673. The monoisotopic (exact) mass is 370 g/mol.